The minimum Gasteiger partial charge on any atom is -0.480 e. The van der Waals surface area contributed by atoms with E-state index in [0.29, 0.717) is 25.1 Å². The molecule has 0 fully saturated rings. The second-order valence-corrected chi connectivity index (χ2v) is 5.51. The van der Waals surface area contributed by atoms with Crippen molar-refractivity contribution >= 4 is 35.1 Å². The normalized spacial score (nSPS) is 11.8. The van der Waals surface area contributed by atoms with Crippen LogP contribution in [0.2, 0.25) is 0 Å². The van der Waals surface area contributed by atoms with Crippen molar-refractivity contribution < 1.29 is 14.7 Å². The largest absolute Gasteiger partial charge is 0.480 e. The number of rotatable bonds is 8. The van der Waals surface area contributed by atoms with Crippen molar-refractivity contribution in [3.05, 3.63) is 16.6 Å². The maximum atomic E-state index is 11.5. The smallest absolute Gasteiger partial charge is 0.326 e. The lowest BCUT2D eigenvalue weighted by atomic mass is 10.2. The first-order valence-electron chi connectivity index (χ1n) is 5.76. The van der Waals surface area contributed by atoms with E-state index < -0.39 is 18.0 Å². The van der Waals surface area contributed by atoms with Crippen LogP contribution in [0.5, 0.6) is 0 Å². The number of carboxylic acids is 1. The molecule has 1 rings (SSSR count). The number of hydrogen-bond acceptors (Lipinski definition) is 5. The molecule has 3 N–H and O–H groups in total. The molecule has 106 valence electrons. The van der Waals surface area contributed by atoms with Crippen molar-refractivity contribution in [2.24, 2.45) is 0 Å². The number of aromatic nitrogens is 1. The minimum absolute atomic E-state index is 0.413. The lowest BCUT2D eigenvalue weighted by Crippen LogP contribution is -2.46. The molecular weight excluding hydrogens is 286 g/mol. The summed E-state index contributed by atoms with van der Waals surface area (Å²) >= 11 is 3.05. The van der Waals surface area contributed by atoms with Gasteiger partial charge in [-0.1, -0.05) is 0 Å². The van der Waals surface area contributed by atoms with Gasteiger partial charge in [0.1, 0.15) is 6.04 Å². The molecule has 19 heavy (non-hydrogen) atoms. The molecule has 1 heterocycles. The molecule has 0 aliphatic rings. The van der Waals surface area contributed by atoms with Gasteiger partial charge in [0.25, 0.3) is 0 Å². The predicted octanol–water partition coefficient (Wildman–Crippen LogP) is 1.19. The molecule has 8 heteroatoms. The van der Waals surface area contributed by atoms with Gasteiger partial charge in [0, 0.05) is 18.3 Å². The van der Waals surface area contributed by atoms with Crippen LogP contribution in [-0.2, 0) is 11.2 Å². The van der Waals surface area contributed by atoms with Gasteiger partial charge in [-0.15, -0.1) is 11.3 Å². The number of thioether (sulfide) groups is 1. The summed E-state index contributed by atoms with van der Waals surface area (Å²) in [4.78, 5) is 26.6. The molecule has 0 aliphatic carbocycles. The quantitative estimate of drug-likeness (QED) is 0.671. The lowest BCUT2D eigenvalue weighted by Gasteiger charge is -2.14. The number of aliphatic carboxylic acids is 1. The third-order valence-electron chi connectivity index (χ3n) is 2.36. The number of amides is 2. The fourth-order valence-electron chi connectivity index (χ4n) is 1.37. The topological polar surface area (TPSA) is 91.3 Å². The van der Waals surface area contributed by atoms with Crippen LogP contribution in [0.4, 0.5) is 4.79 Å². The van der Waals surface area contributed by atoms with Crippen LogP contribution in [0.15, 0.2) is 10.9 Å². The second kappa shape index (κ2) is 8.76. The Bertz CT molecular complexity index is 398. The van der Waals surface area contributed by atoms with Crippen LogP contribution in [0.3, 0.4) is 0 Å². The van der Waals surface area contributed by atoms with Crippen molar-refractivity contribution in [2.45, 2.75) is 18.9 Å². The lowest BCUT2D eigenvalue weighted by molar-refractivity contribution is -0.139. The number of thiazole rings is 1. The van der Waals surface area contributed by atoms with E-state index in [4.69, 9.17) is 5.11 Å². The van der Waals surface area contributed by atoms with Crippen molar-refractivity contribution in [1.29, 1.82) is 0 Å². The van der Waals surface area contributed by atoms with Gasteiger partial charge in [0.05, 0.1) is 11.2 Å². The summed E-state index contributed by atoms with van der Waals surface area (Å²) in [5.41, 5.74) is 2.65. The van der Waals surface area contributed by atoms with Crippen molar-refractivity contribution in [1.82, 2.24) is 15.6 Å². The zero-order valence-corrected chi connectivity index (χ0v) is 12.2. The fourth-order valence-corrected chi connectivity index (χ4v) is 2.43. The standard InChI is InChI=1S/C11H17N3O3S2/c1-18-5-3-9(10(15)16)14-11(17)12-4-2-8-6-19-7-13-8/h6-7,9H,2-5H2,1H3,(H,15,16)(H2,12,14,17)/t9-/m1/s1. The number of carbonyl (C=O) groups excluding carboxylic acids is 1. The Morgan fingerprint density at radius 2 is 2.37 bits per heavy atom. The van der Waals surface area contributed by atoms with E-state index in [-0.39, 0.29) is 0 Å². The Labute approximate surface area is 120 Å². The van der Waals surface area contributed by atoms with Crippen LogP contribution in [0.25, 0.3) is 0 Å². The number of carboxylic acid groups (broad SMARTS) is 1. The first-order chi connectivity index (χ1) is 9.13. The van der Waals surface area contributed by atoms with E-state index in [1.54, 1.807) is 17.3 Å². The average molecular weight is 303 g/mol. The minimum atomic E-state index is -1.01. The first kappa shape index (κ1) is 15.8. The summed E-state index contributed by atoms with van der Waals surface area (Å²) in [6.45, 7) is 0.435. The molecule has 0 unspecified atom stereocenters. The monoisotopic (exact) mass is 303 g/mol. The van der Waals surface area contributed by atoms with E-state index in [0.717, 1.165) is 5.69 Å². The second-order valence-electron chi connectivity index (χ2n) is 3.80. The highest BCUT2D eigenvalue weighted by Gasteiger charge is 2.18. The molecule has 1 aromatic rings. The van der Waals surface area contributed by atoms with Crippen LogP contribution >= 0.6 is 23.1 Å². The summed E-state index contributed by atoms with van der Waals surface area (Å²) in [6.07, 6.45) is 2.95. The van der Waals surface area contributed by atoms with Crippen LogP contribution in [0, 0.1) is 0 Å². The molecule has 0 bridgehead atoms. The van der Waals surface area contributed by atoms with E-state index in [1.807, 2.05) is 11.6 Å². The van der Waals surface area contributed by atoms with Gasteiger partial charge in [0.15, 0.2) is 0 Å². The van der Waals surface area contributed by atoms with E-state index in [1.165, 1.54) is 11.3 Å². The average Bonchev–Trinajstić information content (AvgIpc) is 2.87. The molecule has 1 atom stereocenters. The third kappa shape index (κ3) is 6.44. The maximum absolute atomic E-state index is 11.5. The van der Waals surface area contributed by atoms with Gasteiger partial charge in [0.2, 0.25) is 0 Å². The molecule has 0 aliphatic heterocycles. The van der Waals surface area contributed by atoms with Crippen molar-refractivity contribution in [3.63, 3.8) is 0 Å². The highest BCUT2D eigenvalue weighted by atomic mass is 32.2. The fraction of sp³-hybridized carbons (Fsp3) is 0.545. The third-order valence-corrected chi connectivity index (χ3v) is 3.64. The molecule has 0 radical (unpaired) electrons. The SMILES string of the molecule is CSCC[C@@H](NC(=O)NCCc1cscn1)C(=O)O. The highest BCUT2D eigenvalue weighted by Crippen LogP contribution is 2.02. The Hall–Kier alpha value is -1.28. The summed E-state index contributed by atoms with van der Waals surface area (Å²) in [5, 5.41) is 16.0. The molecule has 0 saturated carbocycles. The molecule has 0 aromatic carbocycles. The summed E-state index contributed by atoms with van der Waals surface area (Å²) in [7, 11) is 0. The first-order valence-corrected chi connectivity index (χ1v) is 8.10. The predicted molar refractivity (Wildman–Crippen MR) is 76.8 cm³/mol. The molecule has 6 nitrogen and oxygen atoms in total. The van der Waals surface area contributed by atoms with Crippen LogP contribution < -0.4 is 10.6 Å². The molecular formula is C11H17N3O3S2. The van der Waals surface area contributed by atoms with E-state index in [2.05, 4.69) is 15.6 Å². The van der Waals surface area contributed by atoms with Gasteiger partial charge >= 0.3 is 12.0 Å². The zero-order chi connectivity index (χ0) is 14.1. The van der Waals surface area contributed by atoms with E-state index >= 15 is 0 Å². The molecule has 0 saturated heterocycles. The van der Waals surface area contributed by atoms with Gasteiger partial charge in [-0.05, 0) is 18.4 Å². The number of hydrogen-bond donors (Lipinski definition) is 3. The van der Waals surface area contributed by atoms with Gasteiger partial charge < -0.3 is 15.7 Å². The van der Waals surface area contributed by atoms with Crippen molar-refractivity contribution in [3.8, 4) is 0 Å². The maximum Gasteiger partial charge on any atom is 0.326 e. The molecule has 1 aromatic heterocycles. The number of urea groups is 1. The molecule has 0 spiro atoms. The molecule has 2 amide bonds. The van der Waals surface area contributed by atoms with Gasteiger partial charge in [-0.3, -0.25) is 0 Å². The summed E-state index contributed by atoms with van der Waals surface area (Å²) in [6, 6.07) is -1.30. The Morgan fingerprint density at radius 1 is 1.58 bits per heavy atom. The Balaban J connectivity index is 2.25. The van der Waals surface area contributed by atoms with Gasteiger partial charge in [-0.2, -0.15) is 11.8 Å². The highest BCUT2D eigenvalue weighted by molar-refractivity contribution is 7.98. The Kier molecular flexibility index (Phi) is 7.27. The summed E-state index contributed by atoms with van der Waals surface area (Å²) < 4.78 is 0. The number of carbonyl (C=O) groups is 2. The van der Waals surface area contributed by atoms with Crippen LogP contribution in [0.1, 0.15) is 12.1 Å². The Morgan fingerprint density at radius 3 is 2.95 bits per heavy atom. The van der Waals surface area contributed by atoms with Crippen LogP contribution in [-0.4, -0.2) is 46.7 Å². The van der Waals surface area contributed by atoms with E-state index in [9.17, 15) is 9.59 Å². The summed E-state index contributed by atoms with van der Waals surface area (Å²) in [5.74, 6) is -0.320. The van der Waals surface area contributed by atoms with Gasteiger partial charge in [-0.25, -0.2) is 14.6 Å². The number of nitrogens with zero attached hydrogens (tertiary/aromatic N) is 1. The number of nitrogens with one attached hydrogen (secondary N) is 2. The van der Waals surface area contributed by atoms with Crippen molar-refractivity contribution in [2.75, 3.05) is 18.6 Å². The zero-order valence-electron chi connectivity index (χ0n) is 10.6.